The fourth-order valence-electron chi connectivity index (χ4n) is 3.13. The van der Waals surface area contributed by atoms with Crippen LogP contribution in [0.3, 0.4) is 0 Å². The van der Waals surface area contributed by atoms with Gasteiger partial charge in [0, 0.05) is 0 Å². The lowest BCUT2D eigenvalue weighted by atomic mass is 9.86. The quantitative estimate of drug-likeness (QED) is 0.719. The Kier molecular flexibility index (Phi) is 6.73. The molecule has 2 aromatic carbocycles. The molecule has 2 rings (SSSR count). The minimum atomic E-state index is -1.80. The van der Waals surface area contributed by atoms with Gasteiger partial charge in [-0.3, -0.25) is 0 Å². The van der Waals surface area contributed by atoms with Crippen LogP contribution in [0.1, 0.15) is 31.9 Å². The third-order valence-corrected chi connectivity index (χ3v) is 4.75. The van der Waals surface area contributed by atoms with E-state index >= 15 is 0 Å². The first-order valence-electron chi connectivity index (χ1n) is 8.89. The van der Waals surface area contributed by atoms with Crippen LogP contribution in [-0.2, 0) is 15.1 Å². The summed E-state index contributed by atoms with van der Waals surface area (Å²) < 4.78 is 5.55. The third-order valence-electron chi connectivity index (χ3n) is 4.75. The Morgan fingerprint density at radius 1 is 1.00 bits per heavy atom. The molecule has 0 saturated carbocycles. The number of carbonyl (C=O) groups excluding carboxylic acids is 1. The first-order valence-corrected chi connectivity index (χ1v) is 8.89. The molecule has 1 atom stereocenters. The highest BCUT2D eigenvalue weighted by Gasteiger charge is 2.42. The highest BCUT2D eigenvalue weighted by Crippen LogP contribution is 2.30. The average Bonchev–Trinajstić information content (AvgIpc) is 2.67. The monoisotopic (exact) mass is 342 g/mol. The van der Waals surface area contributed by atoms with E-state index in [9.17, 15) is 9.90 Å². The zero-order valence-electron chi connectivity index (χ0n) is 15.2. The van der Waals surface area contributed by atoms with E-state index in [0.717, 1.165) is 13.1 Å². The zero-order chi connectivity index (χ0) is 18.3. The first kappa shape index (κ1) is 19.2. The van der Waals surface area contributed by atoms with Gasteiger partial charge in [0.15, 0.2) is 0 Å². The molecule has 0 fully saturated rings. The number of benzene rings is 2. The molecule has 0 aliphatic heterocycles. The van der Waals surface area contributed by atoms with Gasteiger partial charge in [-0.05, 0) is 31.9 Å². The number of esters is 1. The second kappa shape index (κ2) is 8.79. The molecular weight excluding hydrogens is 314 g/mol. The van der Waals surface area contributed by atoms with Gasteiger partial charge in [-0.25, -0.2) is 4.79 Å². The number of carbonyl (C=O) groups is 1. The standard InChI is InChI=1S/C21H27NO3/c1-4-22(5-2)17(3)16-25-20(23)21(24,18-12-8-6-9-13-18)19-14-10-7-11-15-19/h6-15,17,24H,4-5,16H2,1-3H3/p+1/t17-/m1/s1. The molecule has 0 spiro atoms. The van der Waals surface area contributed by atoms with Crippen molar-refractivity contribution in [3.05, 3.63) is 71.8 Å². The van der Waals surface area contributed by atoms with E-state index < -0.39 is 11.6 Å². The summed E-state index contributed by atoms with van der Waals surface area (Å²) in [4.78, 5) is 14.2. The van der Waals surface area contributed by atoms with E-state index in [4.69, 9.17) is 4.74 Å². The van der Waals surface area contributed by atoms with Gasteiger partial charge >= 0.3 is 5.97 Å². The number of quaternary nitrogens is 1. The van der Waals surface area contributed by atoms with Gasteiger partial charge in [0.25, 0.3) is 0 Å². The molecule has 0 bridgehead atoms. The lowest BCUT2D eigenvalue weighted by Crippen LogP contribution is -3.15. The van der Waals surface area contributed by atoms with Gasteiger partial charge < -0.3 is 14.7 Å². The summed E-state index contributed by atoms with van der Waals surface area (Å²) >= 11 is 0. The number of aliphatic hydroxyl groups is 1. The number of ether oxygens (including phenoxy) is 1. The summed E-state index contributed by atoms with van der Waals surface area (Å²) in [6.07, 6.45) is 0. The van der Waals surface area contributed by atoms with Gasteiger partial charge in [0.1, 0.15) is 12.6 Å². The van der Waals surface area contributed by atoms with Crippen molar-refractivity contribution in [2.75, 3.05) is 19.7 Å². The minimum Gasteiger partial charge on any atom is -0.457 e. The van der Waals surface area contributed by atoms with E-state index in [1.807, 2.05) is 12.1 Å². The summed E-state index contributed by atoms with van der Waals surface area (Å²) in [5.74, 6) is -0.636. The molecule has 134 valence electrons. The van der Waals surface area contributed by atoms with E-state index in [-0.39, 0.29) is 12.6 Å². The third kappa shape index (κ3) is 4.27. The van der Waals surface area contributed by atoms with Crippen LogP contribution in [0.25, 0.3) is 0 Å². The van der Waals surface area contributed by atoms with Crippen molar-refractivity contribution in [1.29, 1.82) is 0 Å². The van der Waals surface area contributed by atoms with Crippen molar-refractivity contribution in [2.24, 2.45) is 0 Å². The lowest BCUT2D eigenvalue weighted by molar-refractivity contribution is -0.920. The largest absolute Gasteiger partial charge is 0.457 e. The number of hydrogen-bond donors (Lipinski definition) is 2. The number of rotatable bonds is 8. The van der Waals surface area contributed by atoms with Crippen molar-refractivity contribution < 1.29 is 19.5 Å². The first-order chi connectivity index (χ1) is 12.0. The van der Waals surface area contributed by atoms with Crippen LogP contribution in [0.2, 0.25) is 0 Å². The highest BCUT2D eigenvalue weighted by molar-refractivity contribution is 5.85. The van der Waals surface area contributed by atoms with Gasteiger partial charge in [0.2, 0.25) is 5.60 Å². The maximum Gasteiger partial charge on any atom is 0.347 e. The van der Waals surface area contributed by atoms with Crippen LogP contribution < -0.4 is 4.90 Å². The van der Waals surface area contributed by atoms with Gasteiger partial charge in [-0.2, -0.15) is 0 Å². The summed E-state index contributed by atoms with van der Waals surface area (Å²) in [7, 11) is 0. The number of nitrogens with one attached hydrogen (secondary N) is 1. The van der Waals surface area contributed by atoms with Crippen molar-refractivity contribution in [1.82, 2.24) is 0 Å². The molecule has 0 saturated heterocycles. The smallest absolute Gasteiger partial charge is 0.347 e. The lowest BCUT2D eigenvalue weighted by Gasteiger charge is -2.29. The van der Waals surface area contributed by atoms with Gasteiger partial charge in [0.05, 0.1) is 13.1 Å². The summed E-state index contributed by atoms with van der Waals surface area (Å²) in [5.41, 5.74) is -0.788. The SMILES string of the molecule is CC[NH+](CC)[C@H](C)COC(=O)C(O)(c1ccccc1)c1ccccc1. The number of hydrogen-bond acceptors (Lipinski definition) is 3. The molecule has 0 unspecified atom stereocenters. The Bertz CT molecular complexity index is 614. The van der Waals surface area contributed by atoms with Crippen LogP contribution in [0.4, 0.5) is 0 Å². The van der Waals surface area contributed by atoms with Crippen LogP contribution >= 0.6 is 0 Å². The molecule has 0 aliphatic carbocycles. The molecule has 2 N–H and O–H groups in total. The van der Waals surface area contributed by atoms with Crippen LogP contribution in [0.15, 0.2) is 60.7 Å². The molecular formula is C21H28NO3+. The highest BCUT2D eigenvalue weighted by atomic mass is 16.6. The fourth-order valence-corrected chi connectivity index (χ4v) is 3.13. The van der Waals surface area contributed by atoms with E-state index in [1.54, 1.807) is 48.5 Å². The van der Waals surface area contributed by atoms with Gasteiger partial charge in [-0.15, -0.1) is 0 Å². The molecule has 2 aromatic rings. The van der Waals surface area contributed by atoms with Gasteiger partial charge in [-0.1, -0.05) is 60.7 Å². The Balaban J connectivity index is 2.26. The molecule has 0 heterocycles. The molecule has 0 radical (unpaired) electrons. The average molecular weight is 342 g/mol. The second-order valence-corrected chi connectivity index (χ2v) is 6.31. The molecule has 0 aromatic heterocycles. The van der Waals surface area contributed by atoms with Crippen LogP contribution in [0, 0.1) is 0 Å². The molecule has 4 heteroatoms. The molecule has 0 aliphatic rings. The van der Waals surface area contributed by atoms with Crippen LogP contribution in [0.5, 0.6) is 0 Å². The van der Waals surface area contributed by atoms with Crippen molar-refractivity contribution >= 4 is 5.97 Å². The molecule has 0 amide bonds. The van der Waals surface area contributed by atoms with Crippen molar-refractivity contribution in [2.45, 2.75) is 32.4 Å². The van der Waals surface area contributed by atoms with E-state index in [0.29, 0.717) is 11.1 Å². The topological polar surface area (TPSA) is 51.0 Å². The Morgan fingerprint density at radius 2 is 1.44 bits per heavy atom. The molecule has 25 heavy (non-hydrogen) atoms. The minimum absolute atomic E-state index is 0.176. The fraction of sp³-hybridized carbons (Fsp3) is 0.381. The van der Waals surface area contributed by atoms with E-state index in [1.165, 1.54) is 4.90 Å². The Hall–Kier alpha value is -2.17. The maximum absolute atomic E-state index is 12.9. The van der Waals surface area contributed by atoms with Crippen LogP contribution in [-0.4, -0.2) is 36.8 Å². The predicted octanol–water partition coefficient (Wildman–Crippen LogP) is 1.78. The van der Waals surface area contributed by atoms with Crippen molar-refractivity contribution in [3.8, 4) is 0 Å². The Labute approximate surface area is 150 Å². The zero-order valence-corrected chi connectivity index (χ0v) is 15.2. The number of likely N-dealkylation sites (N-methyl/N-ethyl adjacent to an activating group) is 1. The summed E-state index contributed by atoms with van der Waals surface area (Å²) in [6.45, 7) is 8.49. The predicted molar refractivity (Wildman–Crippen MR) is 98.3 cm³/mol. The van der Waals surface area contributed by atoms with E-state index in [2.05, 4.69) is 20.8 Å². The normalized spacial score (nSPS) is 12.8. The molecule has 4 nitrogen and oxygen atoms in total. The summed E-state index contributed by atoms with van der Waals surface area (Å²) in [5, 5.41) is 11.3. The maximum atomic E-state index is 12.9. The summed E-state index contributed by atoms with van der Waals surface area (Å²) in [6, 6.07) is 18.1. The van der Waals surface area contributed by atoms with Crippen molar-refractivity contribution in [3.63, 3.8) is 0 Å². The second-order valence-electron chi connectivity index (χ2n) is 6.31. The Morgan fingerprint density at radius 3 is 1.84 bits per heavy atom.